The standard InChI is InChI=1S/C35H36N8O5/c1-2-3-22-47-35(46)42-20-18-41(19-21-42)34(45)29(23-25-12-6-4-7-13-25)37-33(44)28-24-31(38-32(36-28)26-14-8-5-9-15-26)48-43-30-17-11-10-16-27(30)39-40-43/h4-17,24,29H,2-3,18-23H2,1H3,(H,37,44)/t29-/m0/s1. The van der Waals surface area contributed by atoms with Crippen LogP contribution in [-0.4, -0.2) is 91.7 Å². The van der Waals surface area contributed by atoms with E-state index in [1.54, 1.807) is 21.9 Å². The largest absolute Gasteiger partial charge is 0.449 e. The lowest BCUT2D eigenvalue weighted by atomic mass is 10.0. The number of carbonyl (C=O) groups is 3. The maximum absolute atomic E-state index is 13.9. The molecule has 0 unspecified atom stereocenters. The molecule has 3 aromatic carbocycles. The van der Waals surface area contributed by atoms with E-state index in [9.17, 15) is 14.4 Å². The number of hydrogen-bond donors (Lipinski definition) is 1. The van der Waals surface area contributed by atoms with Gasteiger partial charge in [0.25, 0.3) is 11.8 Å². The number of amides is 3. The van der Waals surface area contributed by atoms with Crippen LogP contribution in [0.2, 0.25) is 0 Å². The summed E-state index contributed by atoms with van der Waals surface area (Å²) in [6.07, 6.45) is 1.62. The fourth-order valence-corrected chi connectivity index (χ4v) is 5.31. The predicted octanol–water partition coefficient (Wildman–Crippen LogP) is 4.15. The Hall–Kier alpha value is -5.85. The quantitative estimate of drug-likeness (QED) is 0.209. The molecule has 13 nitrogen and oxygen atoms in total. The summed E-state index contributed by atoms with van der Waals surface area (Å²) in [5.41, 5.74) is 2.80. The maximum Gasteiger partial charge on any atom is 0.409 e. The molecule has 1 fully saturated rings. The van der Waals surface area contributed by atoms with Gasteiger partial charge in [0.1, 0.15) is 22.8 Å². The van der Waals surface area contributed by atoms with Gasteiger partial charge in [0.15, 0.2) is 5.82 Å². The summed E-state index contributed by atoms with van der Waals surface area (Å²) in [7, 11) is 0. The smallest absolute Gasteiger partial charge is 0.409 e. The Labute approximate surface area is 277 Å². The molecule has 246 valence electrons. The Morgan fingerprint density at radius 2 is 1.54 bits per heavy atom. The van der Waals surface area contributed by atoms with Gasteiger partial charge < -0.3 is 24.7 Å². The summed E-state index contributed by atoms with van der Waals surface area (Å²) in [6, 6.07) is 26.5. The summed E-state index contributed by atoms with van der Waals surface area (Å²) in [4.78, 5) is 59.9. The van der Waals surface area contributed by atoms with E-state index in [4.69, 9.17) is 9.57 Å². The fraction of sp³-hybridized carbons (Fsp3) is 0.286. The number of nitrogens with zero attached hydrogens (tertiary/aromatic N) is 7. The zero-order chi connectivity index (χ0) is 33.3. The second-order valence-corrected chi connectivity index (χ2v) is 11.3. The van der Waals surface area contributed by atoms with Crippen molar-refractivity contribution in [1.29, 1.82) is 0 Å². The van der Waals surface area contributed by atoms with Crippen LogP contribution < -0.4 is 10.2 Å². The average Bonchev–Trinajstić information content (AvgIpc) is 3.54. The van der Waals surface area contributed by atoms with Crippen molar-refractivity contribution in [3.63, 3.8) is 0 Å². The first-order valence-corrected chi connectivity index (χ1v) is 16.0. The van der Waals surface area contributed by atoms with E-state index < -0.39 is 11.9 Å². The number of carbonyl (C=O) groups excluding carboxylic acids is 3. The molecule has 13 heteroatoms. The third kappa shape index (κ3) is 7.74. The van der Waals surface area contributed by atoms with E-state index in [2.05, 4.69) is 25.6 Å². The fourth-order valence-electron chi connectivity index (χ4n) is 5.31. The van der Waals surface area contributed by atoms with Gasteiger partial charge in [0, 0.05) is 44.2 Å². The molecule has 0 radical (unpaired) electrons. The molecule has 0 aliphatic carbocycles. The number of unbranched alkanes of at least 4 members (excludes halogenated alkanes) is 1. The molecule has 1 aliphatic heterocycles. The lowest BCUT2D eigenvalue weighted by molar-refractivity contribution is -0.134. The predicted molar refractivity (Wildman–Crippen MR) is 177 cm³/mol. The van der Waals surface area contributed by atoms with E-state index in [0.717, 1.165) is 18.4 Å². The summed E-state index contributed by atoms with van der Waals surface area (Å²) >= 11 is 0. The summed E-state index contributed by atoms with van der Waals surface area (Å²) in [6.45, 7) is 3.72. The molecule has 1 saturated heterocycles. The summed E-state index contributed by atoms with van der Waals surface area (Å²) < 4.78 is 5.35. The minimum atomic E-state index is -0.901. The summed E-state index contributed by atoms with van der Waals surface area (Å²) in [5, 5.41) is 11.1. The van der Waals surface area contributed by atoms with Crippen LogP contribution in [0.25, 0.3) is 22.4 Å². The monoisotopic (exact) mass is 648 g/mol. The van der Waals surface area contributed by atoms with Crippen LogP contribution in [0.5, 0.6) is 5.88 Å². The zero-order valence-corrected chi connectivity index (χ0v) is 26.6. The van der Waals surface area contributed by atoms with Crippen molar-refractivity contribution in [2.45, 2.75) is 32.2 Å². The maximum atomic E-state index is 13.9. The number of benzene rings is 3. The first-order chi connectivity index (χ1) is 23.5. The van der Waals surface area contributed by atoms with Crippen LogP contribution in [0.1, 0.15) is 35.8 Å². The Balaban J connectivity index is 1.24. The minimum absolute atomic E-state index is 0.00813. The molecular weight excluding hydrogens is 612 g/mol. The van der Waals surface area contributed by atoms with E-state index >= 15 is 0 Å². The second kappa shape index (κ2) is 15.2. The normalized spacial score (nSPS) is 13.6. The van der Waals surface area contributed by atoms with Crippen LogP contribution >= 0.6 is 0 Å². The van der Waals surface area contributed by atoms with Gasteiger partial charge in [-0.2, -0.15) is 4.98 Å². The molecular formula is C35H36N8O5. The molecule has 3 amide bonds. The number of fused-ring (bicyclic) bond motifs is 1. The molecule has 48 heavy (non-hydrogen) atoms. The van der Waals surface area contributed by atoms with Crippen molar-refractivity contribution < 1.29 is 24.0 Å². The molecule has 1 aliphatic rings. The Bertz CT molecular complexity index is 1860. The number of para-hydroxylation sites is 1. The average molecular weight is 649 g/mol. The third-order valence-electron chi connectivity index (χ3n) is 7.93. The van der Waals surface area contributed by atoms with Gasteiger partial charge in [0.2, 0.25) is 5.91 Å². The van der Waals surface area contributed by atoms with Crippen molar-refractivity contribution in [3.8, 4) is 17.3 Å². The lowest BCUT2D eigenvalue weighted by Crippen LogP contribution is -2.56. The Morgan fingerprint density at radius 1 is 0.854 bits per heavy atom. The van der Waals surface area contributed by atoms with E-state index in [0.29, 0.717) is 49.4 Å². The molecule has 0 bridgehead atoms. The number of piperazine rings is 1. The highest BCUT2D eigenvalue weighted by molar-refractivity contribution is 5.96. The van der Waals surface area contributed by atoms with Gasteiger partial charge >= 0.3 is 6.09 Å². The van der Waals surface area contributed by atoms with Gasteiger partial charge in [-0.05, 0) is 29.3 Å². The number of ether oxygens (including phenoxy) is 1. The number of rotatable bonds is 11. The molecule has 0 spiro atoms. The lowest BCUT2D eigenvalue weighted by Gasteiger charge is -2.36. The van der Waals surface area contributed by atoms with Crippen LogP contribution in [-0.2, 0) is 16.0 Å². The van der Waals surface area contributed by atoms with E-state index in [-0.39, 0.29) is 35.8 Å². The van der Waals surface area contributed by atoms with Crippen LogP contribution in [0.3, 0.4) is 0 Å². The van der Waals surface area contributed by atoms with Crippen molar-refractivity contribution >= 4 is 28.9 Å². The molecule has 1 atom stereocenters. The minimum Gasteiger partial charge on any atom is -0.449 e. The molecule has 0 saturated carbocycles. The first kappa shape index (κ1) is 32.1. The molecule has 5 aromatic rings. The Morgan fingerprint density at radius 3 is 2.29 bits per heavy atom. The van der Waals surface area contributed by atoms with Crippen molar-refractivity contribution in [2.24, 2.45) is 0 Å². The SMILES string of the molecule is CCCCOC(=O)N1CCN(C(=O)[C@H](Cc2ccccc2)NC(=O)c2cc(On3nnc4ccccc43)nc(-c3ccccc3)n2)CC1. The second-order valence-electron chi connectivity index (χ2n) is 11.3. The zero-order valence-electron chi connectivity index (χ0n) is 26.6. The van der Waals surface area contributed by atoms with Crippen LogP contribution in [0.15, 0.2) is 91.0 Å². The van der Waals surface area contributed by atoms with Gasteiger partial charge in [-0.3, -0.25) is 9.59 Å². The van der Waals surface area contributed by atoms with Crippen LogP contribution in [0, 0.1) is 0 Å². The summed E-state index contributed by atoms with van der Waals surface area (Å²) in [5.74, 6) is -0.502. The van der Waals surface area contributed by atoms with Crippen LogP contribution in [0.4, 0.5) is 4.79 Å². The molecule has 3 heterocycles. The molecule has 6 rings (SSSR count). The van der Waals surface area contributed by atoms with Gasteiger partial charge in [-0.1, -0.05) is 91.0 Å². The molecule has 1 N–H and O–H groups in total. The van der Waals surface area contributed by atoms with E-state index in [1.165, 1.54) is 10.9 Å². The van der Waals surface area contributed by atoms with Gasteiger partial charge in [-0.25, -0.2) is 9.78 Å². The van der Waals surface area contributed by atoms with Gasteiger partial charge in [0.05, 0.1) is 6.61 Å². The number of aromatic nitrogens is 5. The van der Waals surface area contributed by atoms with Crippen molar-refractivity contribution in [2.75, 3.05) is 32.8 Å². The van der Waals surface area contributed by atoms with E-state index in [1.807, 2.05) is 79.7 Å². The third-order valence-corrected chi connectivity index (χ3v) is 7.93. The number of hydrogen-bond acceptors (Lipinski definition) is 9. The van der Waals surface area contributed by atoms with Crippen molar-refractivity contribution in [1.82, 2.24) is 40.2 Å². The highest BCUT2D eigenvalue weighted by Crippen LogP contribution is 2.21. The highest BCUT2D eigenvalue weighted by atomic mass is 16.7. The first-order valence-electron chi connectivity index (χ1n) is 16.0. The Kier molecular flexibility index (Phi) is 10.1. The molecule has 2 aromatic heterocycles. The van der Waals surface area contributed by atoms with Crippen molar-refractivity contribution in [3.05, 3.63) is 102 Å². The van der Waals surface area contributed by atoms with Gasteiger partial charge in [-0.15, -0.1) is 5.10 Å². The topological polar surface area (TPSA) is 145 Å². The highest BCUT2D eigenvalue weighted by Gasteiger charge is 2.31. The number of nitrogens with one attached hydrogen (secondary N) is 1.